The molecule has 0 radical (unpaired) electrons. The Morgan fingerprint density at radius 1 is 1.28 bits per heavy atom. The third-order valence-corrected chi connectivity index (χ3v) is 2.95. The molecule has 1 N–H and O–H groups in total. The molecular weight excluding hydrogens is 245 g/mol. The van der Waals surface area contributed by atoms with Crippen LogP contribution >= 0.6 is 0 Å². The monoisotopic (exact) mass is 268 g/mol. The third-order valence-electron chi connectivity index (χ3n) is 2.95. The van der Waals surface area contributed by atoms with E-state index in [9.17, 15) is 13.2 Å². The van der Waals surface area contributed by atoms with Gasteiger partial charge in [-0.2, -0.15) is 13.2 Å². The molecular formula is C12H23F3N2O. The SMILES string of the molecule is CC(CN1CCCC1)NCCCOCC(F)(F)F. The molecule has 0 amide bonds. The van der Waals surface area contributed by atoms with Gasteiger partial charge in [0.1, 0.15) is 6.61 Å². The molecule has 0 aromatic rings. The van der Waals surface area contributed by atoms with E-state index in [0.29, 0.717) is 19.0 Å². The molecule has 1 rings (SSSR count). The first-order valence-electron chi connectivity index (χ1n) is 6.57. The van der Waals surface area contributed by atoms with Gasteiger partial charge in [0.2, 0.25) is 0 Å². The van der Waals surface area contributed by atoms with Crippen LogP contribution < -0.4 is 5.32 Å². The first-order chi connectivity index (χ1) is 8.47. The van der Waals surface area contributed by atoms with E-state index >= 15 is 0 Å². The molecule has 6 heteroatoms. The summed E-state index contributed by atoms with van der Waals surface area (Å²) < 4.78 is 39.9. The van der Waals surface area contributed by atoms with Gasteiger partial charge < -0.3 is 15.0 Å². The molecule has 108 valence electrons. The van der Waals surface area contributed by atoms with Crippen LogP contribution in [0.15, 0.2) is 0 Å². The van der Waals surface area contributed by atoms with Crippen molar-refractivity contribution in [2.24, 2.45) is 0 Å². The number of nitrogens with zero attached hydrogens (tertiary/aromatic N) is 1. The van der Waals surface area contributed by atoms with Gasteiger partial charge in [0.25, 0.3) is 0 Å². The van der Waals surface area contributed by atoms with E-state index in [1.54, 1.807) is 0 Å². The predicted octanol–water partition coefficient (Wildman–Crippen LogP) is 2.03. The molecule has 1 aliphatic heterocycles. The highest BCUT2D eigenvalue weighted by Crippen LogP contribution is 2.14. The summed E-state index contributed by atoms with van der Waals surface area (Å²) >= 11 is 0. The van der Waals surface area contributed by atoms with Crippen molar-refractivity contribution in [1.29, 1.82) is 0 Å². The highest BCUT2D eigenvalue weighted by Gasteiger charge is 2.27. The average molecular weight is 268 g/mol. The van der Waals surface area contributed by atoms with E-state index in [-0.39, 0.29) is 6.61 Å². The summed E-state index contributed by atoms with van der Waals surface area (Å²) in [6.07, 6.45) is -1.05. The van der Waals surface area contributed by atoms with Crippen molar-refractivity contribution >= 4 is 0 Å². The molecule has 1 unspecified atom stereocenters. The average Bonchev–Trinajstić information content (AvgIpc) is 2.74. The minimum absolute atomic E-state index is 0.156. The second kappa shape index (κ2) is 7.96. The Labute approximate surface area is 107 Å². The Morgan fingerprint density at radius 3 is 2.56 bits per heavy atom. The van der Waals surface area contributed by atoms with Gasteiger partial charge in [-0.3, -0.25) is 0 Å². The topological polar surface area (TPSA) is 24.5 Å². The molecule has 1 aliphatic rings. The van der Waals surface area contributed by atoms with Crippen molar-refractivity contribution in [2.75, 3.05) is 39.4 Å². The van der Waals surface area contributed by atoms with Gasteiger partial charge in [-0.25, -0.2) is 0 Å². The minimum atomic E-state index is -4.21. The summed E-state index contributed by atoms with van der Waals surface area (Å²) in [6.45, 7) is 5.17. The normalized spacial score (nSPS) is 19.3. The third kappa shape index (κ3) is 7.89. The summed E-state index contributed by atoms with van der Waals surface area (Å²) in [5, 5.41) is 3.30. The van der Waals surface area contributed by atoms with Crippen molar-refractivity contribution < 1.29 is 17.9 Å². The van der Waals surface area contributed by atoms with Crippen LogP contribution in [0.5, 0.6) is 0 Å². The highest BCUT2D eigenvalue weighted by molar-refractivity contribution is 4.72. The van der Waals surface area contributed by atoms with Crippen LogP contribution in [0, 0.1) is 0 Å². The molecule has 3 nitrogen and oxygen atoms in total. The number of hydrogen-bond acceptors (Lipinski definition) is 3. The molecule has 1 atom stereocenters. The molecule has 0 saturated carbocycles. The van der Waals surface area contributed by atoms with Crippen LogP contribution in [-0.2, 0) is 4.74 Å². The fourth-order valence-electron chi connectivity index (χ4n) is 2.13. The van der Waals surface area contributed by atoms with Crippen LogP contribution in [0.25, 0.3) is 0 Å². The molecule has 18 heavy (non-hydrogen) atoms. The number of likely N-dealkylation sites (tertiary alicyclic amines) is 1. The second-order valence-electron chi connectivity index (χ2n) is 4.88. The number of nitrogens with one attached hydrogen (secondary N) is 1. The molecule has 0 spiro atoms. The van der Waals surface area contributed by atoms with Crippen LogP contribution in [0.1, 0.15) is 26.2 Å². The summed E-state index contributed by atoms with van der Waals surface area (Å²) in [6, 6.07) is 0.380. The van der Waals surface area contributed by atoms with Gasteiger partial charge in [0, 0.05) is 19.2 Å². The number of alkyl halides is 3. The van der Waals surface area contributed by atoms with Crippen LogP contribution in [0.3, 0.4) is 0 Å². The van der Waals surface area contributed by atoms with Crippen LogP contribution in [0.2, 0.25) is 0 Å². The zero-order chi connectivity index (χ0) is 13.4. The molecule has 1 heterocycles. The lowest BCUT2D eigenvalue weighted by Gasteiger charge is -2.21. The maximum Gasteiger partial charge on any atom is 0.411 e. The highest BCUT2D eigenvalue weighted by atomic mass is 19.4. The maximum absolute atomic E-state index is 11.8. The van der Waals surface area contributed by atoms with Gasteiger partial charge in [0.05, 0.1) is 0 Å². The smallest absolute Gasteiger partial charge is 0.372 e. The zero-order valence-corrected chi connectivity index (χ0v) is 10.9. The maximum atomic E-state index is 11.8. The summed E-state index contributed by atoms with van der Waals surface area (Å²) in [5.41, 5.74) is 0. The van der Waals surface area contributed by atoms with Gasteiger partial charge in [0.15, 0.2) is 0 Å². The first kappa shape index (κ1) is 15.7. The number of rotatable bonds is 8. The van der Waals surface area contributed by atoms with Gasteiger partial charge in [-0.05, 0) is 45.8 Å². The van der Waals surface area contributed by atoms with Gasteiger partial charge in [-0.1, -0.05) is 0 Å². The van der Waals surface area contributed by atoms with Crippen LogP contribution in [0.4, 0.5) is 13.2 Å². The van der Waals surface area contributed by atoms with E-state index in [1.165, 1.54) is 25.9 Å². The Bertz CT molecular complexity index is 218. The Kier molecular flexibility index (Phi) is 6.96. The van der Waals surface area contributed by atoms with Crippen molar-refractivity contribution in [3.8, 4) is 0 Å². The van der Waals surface area contributed by atoms with Crippen molar-refractivity contribution in [3.05, 3.63) is 0 Å². The fourth-order valence-corrected chi connectivity index (χ4v) is 2.13. The molecule has 0 aromatic carbocycles. The van der Waals surface area contributed by atoms with Gasteiger partial charge in [-0.15, -0.1) is 0 Å². The van der Waals surface area contributed by atoms with Crippen LogP contribution in [-0.4, -0.2) is 56.5 Å². The van der Waals surface area contributed by atoms with Crippen molar-refractivity contribution in [1.82, 2.24) is 10.2 Å². The minimum Gasteiger partial charge on any atom is -0.372 e. The van der Waals surface area contributed by atoms with E-state index in [1.807, 2.05) is 0 Å². The van der Waals surface area contributed by atoms with E-state index < -0.39 is 12.8 Å². The quantitative estimate of drug-likeness (QED) is 0.682. The lowest BCUT2D eigenvalue weighted by molar-refractivity contribution is -0.173. The van der Waals surface area contributed by atoms with Crippen molar-refractivity contribution in [2.45, 2.75) is 38.4 Å². The largest absolute Gasteiger partial charge is 0.411 e. The first-order valence-corrected chi connectivity index (χ1v) is 6.57. The standard InChI is InChI=1S/C12H23F3N2O/c1-11(9-17-6-2-3-7-17)16-5-4-8-18-10-12(13,14)15/h11,16H,2-10H2,1H3. The molecule has 0 aromatic heterocycles. The number of halogens is 3. The van der Waals surface area contributed by atoms with Crippen molar-refractivity contribution in [3.63, 3.8) is 0 Å². The summed E-state index contributed by atoms with van der Waals surface area (Å²) in [7, 11) is 0. The fraction of sp³-hybridized carbons (Fsp3) is 1.00. The Hall–Kier alpha value is -0.330. The summed E-state index contributed by atoms with van der Waals surface area (Å²) in [5.74, 6) is 0. The summed E-state index contributed by atoms with van der Waals surface area (Å²) in [4.78, 5) is 2.41. The Morgan fingerprint density at radius 2 is 1.94 bits per heavy atom. The lowest BCUT2D eigenvalue weighted by Crippen LogP contribution is -2.38. The van der Waals surface area contributed by atoms with Gasteiger partial charge >= 0.3 is 6.18 Å². The van der Waals surface area contributed by atoms with E-state index in [0.717, 1.165) is 6.54 Å². The van der Waals surface area contributed by atoms with E-state index in [4.69, 9.17) is 0 Å². The zero-order valence-electron chi connectivity index (χ0n) is 10.9. The molecule has 0 bridgehead atoms. The Balaban J connectivity index is 1.90. The molecule has 0 aliphatic carbocycles. The van der Waals surface area contributed by atoms with E-state index in [2.05, 4.69) is 21.9 Å². The molecule has 1 fully saturated rings. The molecule has 1 saturated heterocycles. The number of hydrogen-bond donors (Lipinski definition) is 1. The second-order valence-corrected chi connectivity index (χ2v) is 4.88. The predicted molar refractivity (Wildman–Crippen MR) is 64.6 cm³/mol. The lowest BCUT2D eigenvalue weighted by atomic mass is 10.3. The number of ether oxygens (including phenoxy) is 1.